The molecule has 1 aliphatic heterocycles. The number of benzene rings is 3. The van der Waals surface area contributed by atoms with Crippen LogP contribution in [0.25, 0.3) is 0 Å². The first-order valence-corrected chi connectivity index (χ1v) is 11.5. The molecule has 3 nitrogen and oxygen atoms in total. The van der Waals surface area contributed by atoms with Gasteiger partial charge in [0, 0.05) is 29.1 Å². The monoisotopic (exact) mass is 465 g/mol. The highest BCUT2D eigenvalue weighted by molar-refractivity contribution is 6.30. The molecule has 0 spiro atoms. The minimum atomic E-state index is -0.242. The molecule has 1 fully saturated rings. The van der Waals surface area contributed by atoms with Gasteiger partial charge >= 0.3 is 0 Å². The summed E-state index contributed by atoms with van der Waals surface area (Å²) in [6.45, 7) is 4.41. The Labute approximate surface area is 200 Å². The molecular weight excluding hydrogens is 437 g/mol. The van der Waals surface area contributed by atoms with Crippen LogP contribution in [0.3, 0.4) is 0 Å². The largest absolute Gasteiger partial charge is 0.496 e. The van der Waals surface area contributed by atoms with Gasteiger partial charge in [-0.3, -0.25) is 0 Å². The maximum atomic E-state index is 13.4. The lowest BCUT2D eigenvalue weighted by molar-refractivity contribution is 0.0886. The molecule has 0 N–H and O–H groups in total. The summed E-state index contributed by atoms with van der Waals surface area (Å²) >= 11 is 6.27. The molecule has 0 bridgehead atoms. The van der Waals surface area contributed by atoms with Gasteiger partial charge in [-0.25, -0.2) is 4.39 Å². The van der Waals surface area contributed by atoms with Crippen LogP contribution in [-0.2, 0) is 4.74 Å². The molecule has 0 aromatic heterocycles. The van der Waals surface area contributed by atoms with E-state index in [1.165, 1.54) is 12.1 Å². The van der Waals surface area contributed by atoms with E-state index in [2.05, 4.69) is 29.7 Å². The summed E-state index contributed by atoms with van der Waals surface area (Å²) in [5, 5.41) is 0.644. The van der Waals surface area contributed by atoms with Crippen molar-refractivity contribution < 1.29 is 13.9 Å². The topological polar surface area (TPSA) is 21.7 Å². The molecule has 0 radical (unpaired) electrons. The molecule has 3 aromatic carbocycles. The lowest BCUT2D eigenvalue weighted by Gasteiger charge is -2.32. The molecule has 4 rings (SSSR count). The Kier molecular flexibility index (Phi) is 7.36. The van der Waals surface area contributed by atoms with Gasteiger partial charge in [0.25, 0.3) is 0 Å². The first kappa shape index (κ1) is 23.3. The fraction of sp³-hybridized carbons (Fsp3) is 0.286. The van der Waals surface area contributed by atoms with E-state index in [0.717, 1.165) is 47.5 Å². The number of halogens is 2. The molecule has 0 amide bonds. The van der Waals surface area contributed by atoms with Crippen molar-refractivity contribution >= 4 is 17.3 Å². The van der Waals surface area contributed by atoms with Gasteiger partial charge in [-0.1, -0.05) is 54.6 Å². The zero-order valence-electron chi connectivity index (χ0n) is 19.0. The summed E-state index contributed by atoms with van der Waals surface area (Å²) in [6.07, 6.45) is 2.49. The van der Waals surface area contributed by atoms with Crippen molar-refractivity contribution in [2.45, 2.75) is 31.4 Å². The van der Waals surface area contributed by atoms with Crippen molar-refractivity contribution in [1.29, 1.82) is 0 Å². The third kappa shape index (κ3) is 5.07. The average molecular weight is 466 g/mol. The summed E-state index contributed by atoms with van der Waals surface area (Å²) in [4.78, 5) is 2.32. The van der Waals surface area contributed by atoms with Crippen LogP contribution >= 0.6 is 11.6 Å². The lowest BCUT2D eigenvalue weighted by Crippen LogP contribution is -2.25. The summed E-state index contributed by atoms with van der Waals surface area (Å²) < 4.78 is 24.9. The number of methoxy groups -OCH3 is 2. The van der Waals surface area contributed by atoms with E-state index in [0.29, 0.717) is 10.9 Å². The van der Waals surface area contributed by atoms with E-state index < -0.39 is 0 Å². The predicted octanol–water partition coefficient (Wildman–Crippen LogP) is 7.74. The van der Waals surface area contributed by atoms with Crippen LogP contribution in [-0.4, -0.2) is 14.2 Å². The van der Waals surface area contributed by atoms with Gasteiger partial charge < -0.3 is 14.4 Å². The third-order valence-corrected chi connectivity index (χ3v) is 6.67. The van der Waals surface area contributed by atoms with Crippen LogP contribution in [0.5, 0.6) is 5.75 Å². The second kappa shape index (κ2) is 10.4. The highest BCUT2D eigenvalue weighted by Crippen LogP contribution is 2.50. The minimum Gasteiger partial charge on any atom is -0.496 e. The van der Waals surface area contributed by atoms with Gasteiger partial charge in [0.2, 0.25) is 0 Å². The highest BCUT2D eigenvalue weighted by Gasteiger charge is 2.39. The Hall–Kier alpha value is -2.82. The molecule has 172 valence electrons. The number of anilines is 1. The zero-order chi connectivity index (χ0) is 23.4. The molecule has 3 aromatic rings. The summed E-state index contributed by atoms with van der Waals surface area (Å²) in [6, 6.07) is 22.8. The quantitative estimate of drug-likeness (QED) is 0.339. The Morgan fingerprint density at radius 3 is 2.45 bits per heavy atom. The van der Waals surface area contributed by atoms with Gasteiger partial charge in [0.1, 0.15) is 11.6 Å². The van der Waals surface area contributed by atoms with Gasteiger partial charge in [0.05, 0.1) is 19.3 Å². The van der Waals surface area contributed by atoms with Crippen LogP contribution in [0.15, 0.2) is 85.1 Å². The van der Waals surface area contributed by atoms with Gasteiger partial charge in [-0.15, -0.1) is 0 Å². The molecule has 5 heteroatoms. The fourth-order valence-electron chi connectivity index (χ4n) is 4.90. The van der Waals surface area contributed by atoms with Crippen molar-refractivity contribution in [2.24, 2.45) is 5.92 Å². The minimum absolute atomic E-state index is 0.0536. The first-order chi connectivity index (χ1) is 16.0. The van der Waals surface area contributed by atoms with Crippen LogP contribution in [0, 0.1) is 11.7 Å². The fourth-order valence-corrected chi connectivity index (χ4v) is 5.06. The van der Waals surface area contributed by atoms with Crippen molar-refractivity contribution in [3.63, 3.8) is 0 Å². The first-order valence-electron chi connectivity index (χ1n) is 11.2. The SMILES string of the molecule is C=C1C[C@@H](CC[C@H](OC)c2ccc(F)cc2)[C@@H](c2ccc(Cl)cc2OC)N1c1ccccc1. The van der Waals surface area contributed by atoms with Crippen molar-refractivity contribution in [1.82, 2.24) is 0 Å². The van der Waals surface area contributed by atoms with E-state index in [1.807, 2.05) is 30.3 Å². The third-order valence-electron chi connectivity index (χ3n) is 6.44. The molecule has 0 saturated carbocycles. The molecule has 1 saturated heterocycles. The predicted molar refractivity (Wildman–Crippen MR) is 132 cm³/mol. The maximum absolute atomic E-state index is 13.4. The number of rotatable bonds is 8. The summed E-state index contributed by atoms with van der Waals surface area (Å²) in [5.74, 6) is 0.829. The maximum Gasteiger partial charge on any atom is 0.125 e. The van der Waals surface area contributed by atoms with Crippen molar-refractivity contribution in [3.8, 4) is 5.75 Å². The summed E-state index contributed by atoms with van der Waals surface area (Å²) in [7, 11) is 3.38. The Balaban J connectivity index is 1.66. The number of allylic oxidation sites excluding steroid dienone is 1. The molecule has 3 atom stereocenters. The van der Waals surface area contributed by atoms with E-state index in [9.17, 15) is 4.39 Å². The van der Waals surface area contributed by atoms with E-state index >= 15 is 0 Å². The molecule has 33 heavy (non-hydrogen) atoms. The van der Waals surface area contributed by atoms with Gasteiger partial charge in [0.15, 0.2) is 0 Å². The number of hydrogen-bond acceptors (Lipinski definition) is 3. The average Bonchev–Trinajstić information content (AvgIpc) is 3.16. The number of para-hydroxylation sites is 1. The van der Waals surface area contributed by atoms with E-state index in [4.69, 9.17) is 21.1 Å². The lowest BCUT2D eigenvalue weighted by atomic mass is 9.87. The van der Waals surface area contributed by atoms with Gasteiger partial charge in [-0.05, 0) is 67.1 Å². The normalized spacial score (nSPS) is 19.0. The van der Waals surface area contributed by atoms with E-state index in [-0.39, 0.29) is 18.0 Å². The Bertz CT molecular complexity index is 1090. The molecule has 0 unspecified atom stereocenters. The van der Waals surface area contributed by atoms with Crippen molar-refractivity contribution in [2.75, 3.05) is 19.1 Å². The van der Waals surface area contributed by atoms with Crippen LogP contribution in [0.4, 0.5) is 10.1 Å². The van der Waals surface area contributed by atoms with Crippen LogP contribution < -0.4 is 9.64 Å². The second-order valence-electron chi connectivity index (χ2n) is 8.42. The molecular formula is C28H29ClFNO2. The second-order valence-corrected chi connectivity index (χ2v) is 8.86. The zero-order valence-corrected chi connectivity index (χ0v) is 19.8. The number of hydrogen-bond donors (Lipinski definition) is 0. The molecule has 1 aliphatic rings. The number of nitrogens with zero attached hydrogens (tertiary/aromatic N) is 1. The molecule has 1 heterocycles. The Morgan fingerprint density at radius 2 is 1.79 bits per heavy atom. The summed E-state index contributed by atoms with van der Waals surface area (Å²) in [5.41, 5.74) is 4.25. The number of ether oxygens (including phenoxy) is 2. The highest BCUT2D eigenvalue weighted by atomic mass is 35.5. The van der Waals surface area contributed by atoms with Crippen LogP contribution in [0.1, 0.15) is 42.5 Å². The van der Waals surface area contributed by atoms with Gasteiger partial charge in [-0.2, -0.15) is 0 Å². The van der Waals surface area contributed by atoms with Crippen LogP contribution in [0.2, 0.25) is 5.02 Å². The standard InChI is InChI=1S/C28H29ClFNO2/c1-19-17-21(11-16-26(32-2)20-9-13-23(30)14-10-20)28(31(19)24-7-5-4-6-8-24)25-15-12-22(29)18-27(25)33-3/h4-10,12-15,18,21,26,28H,1,11,16-17H2,2-3H3/t21-,26+,28+/m1/s1. The van der Waals surface area contributed by atoms with Crippen molar-refractivity contribution in [3.05, 3.63) is 107 Å². The molecule has 0 aliphatic carbocycles. The van der Waals surface area contributed by atoms with E-state index in [1.54, 1.807) is 26.4 Å². The Morgan fingerprint density at radius 1 is 1.06 bits per heavy atom. The smallest absolute Gasteiger partial charge is 0.125 e.